The highest BCUT2D eigenvalue weighted by Crippen LogP contribution is 2.22. The molecule has 0 saturated carbocycles. The standard InChI is InChI=1S/C21H16N2O3S2/c24-21(22-18-11-10-15-5-1-2-6-16(15)13-18)17-7-3-8-19(14-17)23-28(25,26)20-9-4-12-27-20/h1-14,23H,(H,22,24). The van der Waals surface area contributed by atoms with E-state index in [4.69, 9.17) is 0 Å². The van der Waals surface area contributed by atoms with Crippen molar-refractivity contribution in [3.05, 3.63) is 89.8 Å². The first-order chi connectivity index (χ1) is 13.5. The lowest BCUT2D eigenvalue weighted by atomic mass is 10.1. The second-order valence-corrected chi connectivity index (χ2v) is 8.99. The molecular weight excluding hydrogens is 392 g/mol. The van der Waals surface area contributed by atoms with Crippen molar-refractivity contribution in [3.8, 4) is 0 Å². The predicted molar refractivity (Wildman–Crippen MR) is 113 cm³/mol. The van der Waals surface area contributed by atoms with Gasteiger partial charge >= 0.3 is 0 Å². The van der Waals surface area contributed by atoms with Crippen molar-refractivity contribution >= 4 is 49.4 Å². The molecule has 0 aliphatic rings. The zero-order chi connectivity index (χ0) is 19.6. The Balaban J connectivity index is 1.54. The third-order valence-corrected chi connectivity index (χ3v) is 6.92. The molecule has 2 N–H and O–H groups in total. The van der Waals surface area contributed by atoms with Gasteiger partial charge in [-0.3, -0.25) is 9.52 Å². The molecule has 0 aliphatic heterocycles. The van der Waals surface area contributed by atoms with Crippen LogP contribution in [0.5, 0.6) is 0 Å². The fourth-order valence-corrected chi connectivity index (χ4v) is 4.86. The second-order valence-electron chi connectivity index (χ2n) is 6.13. The van der Waals surface area contributed by atoms with Crippen molar-refractivity contribution in [2.45, 2.75) is 4.21 Å². The summed E-state index contributed by atoms with van der Waals surface area (Å²) < 4.78 is 27.4. The smallest absolute Gasteiger partial charge is 0.271 e. The van der Waals surface area contributed by atoms with Gasteiger partial charge in [0.1, 0.15) is 4.21 Å². The Bertz CT molecular complexity index is 1250. The van der Waals surface area contributed by atoms with Crippen LogP contribution >= 0.6 is 11.3 Å². The zero-order valence-corrected chi connectivity index (χ0v) is 16.3. The summed E-state index contributed by atoms with van der Waals surface area (Å²) in [5, 5.41) is 6.66. The van der Waals surface area contributed by atoms with E-state index >= 15 is 0 Å². The molecule has 5 nitrogen and oxygen atoms in total. The minimum absolute atomic E-state index is 0.221. The van der Waals surface area contributed by atoms with Crippen LogP contribution in [0.2, 0.25) is 0 Å². The van der Waals surface area contributed by atoms with Gasteiger partial charge in [-0.25, -0.2) is 8.42 Å². The molecule has 0 bridgehead atoms. The van der Waals surface area contributed by atoms with E-state index in [0.717, 1.165) is 22.1 Å². The van der Waals surface area contributed by atoms with Gasteiger partial charge < -0.3 is 5.32 Å². The van der Waals surface area contributed by atoms with Crippen LogP contribution in [0, 0.1) is 0 Å². The Morgan fingerprint density at radius 3 is 2.39 bits per heavy atom. The summed E-state index contributed by atoms with van der Waals surface area (Å²) in [4.78, 5) is 12.6. The van der Waals surface area contributed by atoms with Gasteiger partial charge in [0.25, 0.3) is 15.9 Å². The zero-order valence-electron chi connectivity index (χ0n) is 14.6. The van der Waals surface area contributed by atoms with E-state index in [9.17, 15) is 13.2 Å². The largest absolute Gasteiger partial charge is 0.322 e. The van der Waals surface area contributed by atoms with Gasteiger partial charge in [0, 0.05) is 16.9 Å². The van der Waals surface area contributed by atoms with Gasteiger partial charge in [0.2, 0.25) is 0 Å². The number of hydrogen-bond acceptors (Lipinski definition) is 4. The molecule has 0 unspecified atom stereocenters. The summed E-state index contributed by atoms with van der Waals surface area (Å²) >= 11 is 1.13. The van der Waals surface area contributed by atoms with Crippen LogP contribution in [0.3, 0.4) is 0 Å². The number of carbonyl (C=O) groups excluding carboxylic acids is 1. The number of benzene rings is 3. The van der Waals surface area contributed by atoms with Crippen LogP contribution in [0.4, 0.5) is 11.4 Å². The highest BCUT2D eigenvalue weighted by Gasteiger charge is 2.16. The van der Waals surface area contributed by atoms with Crippen LogP contribution in [-0.2, 0) is 10.0 Å². The van der Waals surface area contributed by atoms with E-state index in [1.165, 1.54) is 12.1 Å². The molecule has 140 valence electrons. The summed E-state index contributed by atoms with van der Waals surface area (Å²) in [6, 6.07) is 23.2. The minimum atomic E-state index is -3.66. The number of anilines is 2. The van der Waals surface area contributed by atoms with Crippen molar-refractivity contribution in [2.24, 2.45) is 0 Å². The number of sulfonamides is 1. The van der Waals surface area contributed by atoms with Crippen LogP contribution in [0.25, 0.3) is 10.8 Å². The summed E-state index contributed by atoms with van der Waals surface area (Å²) in [6.45, 7) is 0. The van der Waals surface area contributed by atoms with Crippen LogP contribution in [-0.4, -0.2) is 14.3 Å². The summed E-state index contributed by atoms with van der Waals surface area (Å²) in [5.41, 5.74) is 1.37. The van der Waals surface area contributed by atoms with E-state index in [1.54, 1.807) is 29.6 Å². The number of hydrogen-bond donors (Lipinski definition) is 2. The predicted octanol–water partition coefficient (Wildman–Crippen LogP) is 4.95. The van der Waals surface area contributed by atoms with Crippen molar-refractivity contribution in [1.82, 2.24) is 0 Å². The quantitative estimate of drug-likeness (QED) is 0.490. The molecule has 1 aromatic heterocycles. The number of fused-ring (bicyclic) bond motifs is 1. The van der Waals surface area contributed by atoms with Crippen molar-refractivity contribution in [1.29, 1.82) is 0 Å². The molecular formula is C21H16N2O3S2. The molecule has 4 rings (SSSR count). The molecule has 0 radical (unpaired) electrons. The van der Waals surface area contributed by atoms with E-state index < -0.39 is 10.0 Å². The molecule has 28 heavy (non-hydrogen) atoms. The summed E-state index contributed by atoms with van der Waals surface area (Å²) in [6.07, 6.45) is 0. The highest BCUT2D eigenvalue weighted by molar-refractivity contribution is 7.94. The SMILES string of the molecule is O=C(Nc1ccc2ccccc2c1)c1cccc(NS(=O)(=O)c2cccs2)c1. The Hall–Kier alpha value is -3.16. The average Bonchev–Trinajstić information content (AvgIpc) is 3.24. The number of nitrogens with one attached hydrogen (secondary N) is 2. The van der Waals surface area contributed by atoms with Gasteiger partial charge in [-0.05, 0) is 52.6 Å². The van der Waals surface area contributed by atoms with E-state index in [2.05, 4.69) is 10.0 Å². The monoisotopic (exact) mass is 408 g/mol. The third-order valence-electron chi connectivity index (χ3n) is 4.14. The number of thiophene rings is 1. The molecule has 0 spiro atoms. The molecule has 1 heterocycles. The van der Waals surface area contributed by atoms with E-state index in [0.29, 0.717) is 16.9 Å². The number of amides is 1. The normalized spacial score (nSPS) is 11.3. The molecule has 0 saturated heterocycles. The lowest BCUT2D eigenvalue weighted by Crippen LogP contribution is -2.14. The first kappa shape index (κ1) is 18.2. The third kappa shape index (κ3) is 3.90. The van der Waals surface area contributed by atoms with Crippen LogP contribution < -0.4 is 10.0 Å². The number of rotatable bonds is 5. The first-order valence-corrected chi connectivity index (χ1v) is 10.8. The molecule has 4 aromatic rings. The molecule has 0 atom stereocenters. The van der Waals surface area contributed by atoms with Crippen molar-refractivity contribution in [3.63, 3.8) is 0 Å². The van der Waals surface area contributed by atoms with Crippen LogP contribution in [0.15, 0.2) is 88.5 Å². The Labute approximate surface area is 166 Å². The fraction of sp³-hybridized carbons (Fsp3) is 0. The molecule has 1 amide bonds. The number of carbonyl (C=O) groups is 1. The Kier molecular flexibility index (Phi) is 4.85. The summed E-state index contributed by atoms with van der Waals surface area (Å²) in [5.74, 6) is -0.313. The summed E-state index contributed by atoms with van der Waals surface area (Å²) in [7, 11) is -3.66. The van der Waals surface area contributed by atoms with Gasteiger partial charge in [-0.15, -0.1) is 11.3 Å². The second kappa shape index (κ2) is 7.46. The Morgan fingerprint density at radius 2 is 1.61 bits per heavy atom. The van der Waals surface area contributed by atoms with Crippen LogP contribution in [0.1, 0.15) is 10.4 Å². The lowest BCUT2D eigenvalue weighted by molar-refractivity contribution is 0.102. The van der Waals surface area contributed by atoms with E-state index in [1.807, 2.05) is 42.5 Å². The van der Waals surface area contributed by atoms with E-state index in [-0.39, 0.29) is 10.1 Å². The maximum Gasteiger partial charge on any atom is 0.271 e. The maximum atomic E-state index is 12.6. The first-order valence-electron chi connectivity index (χ1n) is 8.48. The minimum Gasteiger partial charge on any atom is -0.322 e. The molecule has 7 heteroatoms. The van der Waals surface area contributed by atoms with Crippen molar-refractivity contribution in [2.75, 3.05) is 10.0 Å². The molecule has 0 aliphatic carbocycles. The Morgan fingerprint density at radius 1 is 0.786 bits per heavy atom. The van der Waals surface area contributed by atoms with Crippen molar-refractivity contribution < 1.29 is 13.2 Å². The fourth-order valence-electron chi connectivity index (χ4n) is 2.82. The molecule has 0 fully saturated rings. The van der Waals surface area contributed by atoms with Gasteiger partial charge in [-0.2, -0.15) is 0 Å². The van der Waals surface area contributed by atoms with Gasteiger partial charge in [0.05, 0.1) is 0 Å². The maximum absolute atomic E-state index is 12.6. The van der Waals surface area contributed by atoms with Gasteiger partial charge in [0.15, 0.2) is 0 Å². The lowest BCUT2D eigenvalue weighted by Gasteiger charge is -2.09. The topological polar surface area (TPSA) is 75.3 Å². The molecule has 3 aromatic carbocycles. The van der Waals surface area contributed by atoms with Gasteiger partial charge in [-0.1, -0.05) is 42.5 Å². The highest BCUT2D eigenvalue weighted by atomic mass is 32.2. The average molecular weight is 409 g/mol.